The molecule has 0 unspecified atom stereocenters. The SMILES string of the molecule is Cc1cn(-c2cc(Oc3ccc(NC(=O)NC(=O)C4CCCC4)nc3)ccn2)cn1. The van der Waals surface area contributed by atoms with E-state index in [0.717, 1.165) is 31.4 Å². The van der Waals surface area contributed by atoms with Gasteiger partial charge in [-0.05, 0) is 38.0 Å². The van der Waals surface area contributed by atoms with Crippen LogP contribution in [0.25, 0.3) is 5.82 Å². The number of aryl methyl sites for hydroxylation is 1. The summed E-state index contributed by atoms with van der Waals surface area (Å²) < 4.78 is 7.63. The number of urea groups is 1. The van der Waals surface area contributed by atoms with Gasteiger partial charge in [-0.3, -0.25) is 20.0 Å². The van der Waals surface area contributed by atoms with Crippen molar-refractivity contribution >= 4 is 17.8 Å². The summed E-state index contributed by atoms with van der Waals surface area (Å²) in [6, 6.07) is 6.23. The molecule has 9 heteroatoms. The molecule has 1 aliphatic carbocycles. The number of imide groups is 1. The third-order valence-corrected chi connectivity index (χ3v) is 4.87. The lowest BCUT2D eigenvalue weighted by molar-refractivity contribution is -0.123. The molecule has 0 aliphatic heterocycles. The number of hydrogen-bond acceptors (Lipinski definition) is 6. The first-order chi connectivity index (χ1) is 14.6. The lowest BCUT2D eigenvalue weighted by Crippen LogP contribution is -2.37. The Bertz CT molecular complexity index is 1040. The summed E-state index contributed by atoms with van der Waals surface area (Å²) >= 11 is 0. The zero-order valence-corrected chi connectivity index (χ0v) is 16.5. The Labute approximate surface area is 173 Å². The predicted octanol–water partition coefficient (Wildman–Crippen LogP) is 3.60. The highest BCUT2D eigenvalue weighted by molar-refractivity contribution is 6.01. The standard InChI is InChI=1S/C21H22N6O3/c1-14-12-27(13-24-14)19-10-16(8-9-22-19)30-17-6-7-18(23-11-17)25-21(29)26-20(28)15-4-2-3-5-15/h6-13,15H,2-5H2,1H3,(H2,23,25,26,28,29). The number of nitrogens with zero attached hydrogens (tertiary/aromatic N) is 4. The number of nitrogens with one attached hydrogen (secondary N) is 2. The van der Waals surface area contributed by atoms with Crippen LogP contribution in [0.5, 0.6) is 11.5 Å². The van der Waals surface area contributed by atoms with Gasteiger partial charge in [-0.1, -0.05) is 12.8 Å². The Morgan fingerprint density at radius 3 is 2.63 bits per heavy atom. The van der Waals surface area contributed by atoms with Gasteiger partial charge in [0.2, 0.25) is 5.91 Å². The van der Waals surface area contributed by atoms with E-state index in [4.69, 9.17) is 4.74 Å². The first-order valence-electron chi connectivity index (χ1n) is 9.79. The molecule has 0 radical (unpaired) electrons. The quantitative estimate of drug-likeness (QED) is 0.670. The van der Waals surface area contributed by atoms with Gasteiger partial charge in [0.25, 0.3) is 0 Å². The number of pyridine rings is 2. The fraction of sp³-hybridized carbons (Fsp3) is 0.286. The Kier molecular flexibility index (Phi) is 5.69. The van der Waals surface area contributed by atoms with Gasteiger partial charge in [-0.15, -0.1) is 0 Å². The second-order valence-electron chi connectivity index (χ2n) is 7.18. The number of imidazole rings is 1. The Morgan fingerprint density at radius 2 is 1.93 bits per heavy atom. The number of hydrogen-bond donors (Lipinski definition) is 2. The average Bonchev–Trinajstić information content (AvgIpc) is 3.42. The zero-order chi connectivity index (χ0) is 20.9. The van der Waals surface area contributed by atoms with Gasteiger partial charge in [0.15, 0.2) is 0 Å². The number of amides is 3. The largest absolute Gasteiger partial charge is 0.456 e. The van der Waals surface area contributed by atoms with Crippen LogP contribution in [0.4, 0.5) is 10.6 Å². The van der Waals surface area contributed by atoms with Crippen molar-refractivity contribution in [2.45, 2.75) is 32.6 Å². The van der Waals surface area contributed by atoms with Gasteiger partial charge in [-0.2, -0.15) is 0 Å². The molecule has 30 heavy (non-hydrogen) atoms. The van der Waals surface area contributed by atoms with E-state index in [1.165, 1.54) is 6.20 Å². The number of carbonyl (C=O) groups excluding carboxylic acids is 2. The van der Waals surface area contributed by atoms with Gasteiger partial charge >= 0.3 is 6.03 Å². The van der Waals surface area contributed by atoms with Crippen molar-refractivity contribution in [2.24, 2.45) is 5.92 Å². The number of ether oxygens (including phenoxy) is 1. The predicted molar refractivity (Wildman–Crippen MR) is 110 cm³/mol. The maximum Gasteiger partial charge on any atom is 0.327 e. The van der Waals surface area contributed by atoms with Crippen molar-refractivity contribution in [3.05, 3.63) is 54.9 Å². The monoisotopic (exact) mass is 406 g/mol. The molecule has 1 fully saturated rings. The van der Waals surface area contributed by atoms with Crippen molar-refractivity contribution in [1.82, 2.24) is 24.8 Å². The second-order valence-corrected chi connectivity index (χ2v) is 7.18. The third-order valence-electron chi connectivity index (χ3n) is 4.87. The lowest BCUT2D eigenvalue weighted by atomic mass is 10.1. The molecule has 9 nitrogen and oxygen atoms in total. The van der Waals surface area contributed by atoms with Crippen molar-refractivity contribution in [3.63, 3.8) is 0 Å². The van der Waals surface area contributed by atoms with Crippen LogP contribution in [0, 0.1) is 12.8 Å². The van der Waals surface area contributed by atoms with E-state index in [2.05, 4.69) is 25.6 Å². The summed E-state index contributed by atoms with van der Waals surface area (Å²) in [4.78, 5) is 36.7. The fourth-order valence-electron chi connectivity index (χ4n) is 3.35. The molecule has 0 bridgehead atoms. The zero-order valence-electron chi connectivity index (χ0n) is 16.5. The van der Waals surface area contributed by atoms with Crippen molar-refractivity contribution < 1.29 is 14.3 Å². The summed E-state index contributed by atoms with van der Waals surface area (Å²) in [5.74, 6) is 1.80. The summed E-state index contributed by atoms with van der Waals surface area (Å²) in [6.45, 7) is 1.91. The summed E-state index contributed by atoms with van der Waals surface area (Å²) in [5, 5.41) is 4.94. The average molecular weight is 406 g/mol. The van der Waals surface area contributed by atoms with E-state index in [1.54, 1.807) is 41.4 Å². The molecule has 0 atom stereocenters. The van der Waals surface area contributed by atoms with Gasteiger partial charge in [-0.25, -0.2) is 19.7 Å². The Balaban J connectivity index is 1.34. The van der Waals surface area contributed by atoms with E-state index < -0.39 is 6.03 Å². The molecule has 1 saturated carbocycles. The molecule has 154 valence electrons. The summed E-state index contributed by atoms with van der Waals surface area (Å²) in [6.07, 6.45) is 10.4. The summed E-state index contributed by atoms with van der Waals surface area (Å²) in [5.41, 5.74) is 0.893. The van der Waals surface area contributed by atoms with Crippen molar-refractivity contribution in [3.8, 4) is 17.3 Å². The second kappa shape index (κ2) is 8.73. The highest BCUT2D eigenvalue weighted by Crippen LogP contribution is 2.25. The van der Waals surface area contributed by atoms with E-state index in [-0.39, 0.29) is 11.8 Å². The van der Waals surface area contributed by atoms with Gasteiger partial charge < -0.3 is 4.74 Å². The molecule has 0 aromatic carbocycles. The smallest absolute Gasteiger partial charge is 0.327 e. The normalized spacial score (nSPS) is 13.8. The first-order valence-corrected chi connectivity index (χ1v) is 9.79. The molecule has 3 aromatic rings. The van der Waals surface area contributed by atoms with Crippen LogP contribution in [0.15, 0.2) is 49.2 Å². The van der Waals surface area contributed by atoms with Crippen molar-refractivity contribution in [2.75, 3.05) is 5.32 Å². The molecule has 1 aliphatic rings. The minimum absolute atomic E-state index is 0.0732. The van der Waals surface area contributed by atoms with E-state index in [9.17, 15) is 9.59 Å². The van der Waals surface area contributed by atoms with Crippen LogP contribution in [0.1, 0.15) is 31.4 Å². The van der Waals surface area contributed by atoms with Crippen LogP contribution in [-0.4, -0.2) is 31.5 Å². The van der Waals surface area contributed by atoms with Crippen LogP contribution < -0.4 is 15.4 Å². The molecular formula is C21H22N6O3. The Hall–Kier alpha value is -3.75. The third kappa shape index (κ3) is 4.80. The first kappa shape index (κ1) is 19.6. The maximum atomic E-state index is 12.0. The highest BCUT2D eigenvalue weighted by Gasteiger charge is 2.24. The van der Waals surface area contributed by atoms with Crippen LogP contribution in [-0.2, 0) is 4.79 Å². The van der Waals surface area contributed by atoms with E-state index >= 15 is 0 Å². The van der Waals surface area contributed by atoms with E-state index in [1.807, 2.05) is 13.1 Å². The minimum Gasteiger partial charge on any atom is -0.456 e. The molecule has 0 spiro atoms. The molecule has 2 N–H and O–H groups in total. The molecule has 3 amide bonds. The number of anilines is 1. The van der Waals surface area contributed by atoms with Crippen LogP contribution in [0.3, 0.4) is 0 Å². The van der Waals surface area contributed by atoms with Crippen molar-refractivity contribution in [1.29, 1.82) is 0 Å². The number of carbonyl (C=O) groups is 2. The minimum atomic E-state index is -0.581. The van der Waals surface area contributed by atoms with E-state index in [0.29, 0.717) is 23.1 Å². The molecule has 3 aromatic heterocycles. The molecule has 4 rings (SSSR count). The molecular weight excluding hydrogens is 384 g/mol. The maximum absolute atomic E-state index is 12.0. The van der Waals surface area contributed by atoms with Crippen LogP contribution in [0.2, 0.25) is 0 Å². The van der Waals surface area contributed by atoms with Gasteiger partial charge in [0, 0.05) is 24.4 Å². The van der Waals surface area contributed by atoms with Gasteiger partial charge in [0.1, 0.15) is 29.5 Å². The number of aromatic nitrogens is 4. The molecule has 0 saturated heterocycles. The topological polar surface area (TPSA) is 111 Å². The van der Waals surface area contributed by atoms with Gasteiger partial charge in [0.05, 0.1) is 11.9 Å². The molecule has 3 heterocycles. The number of rotatable bonds is 5. The summed E-state index contributed by atoms with van der Waals surface area (Å²) in [7, 11) is 0. The Morgan fingerprint density at radius 1 is 1.10 bits per heavy atom. The lowest BCUT2D eigenvalue weighted by Gasteiger charge is -2.11. The fourth-order valence-corrected chi connectivity index (χ4v) is 3.35. The highest BCUT2D eigenvalue weighted by atomic mass is 16.5. The van der Waals surface area contributed by atoms with Crippen LogP contribution >= 0.6 is 0 Å².